The van der Waals surface area contributed by atoms with Crippen LogP contribution in [0.3, 0.4) is 0 Å². The second-order valence-electron chi connectivity index (χ2n) is 3.88. The molecular weight excluding hydrogens is 200 g/mol. The smallest absolute Gasteiger partial charge is 0.171 e. The molecule has 0 saturated carbocycles. The molecule has 2 rings (SSSR count). The molecule has 0 saturated heterocycles. The number of nitrogens with one attached hydrogen (secondary N) is 1. The Labute approximate surface area is 96.0 Å². The van der Waals surface area contributed by atoms with E-state index in [1.807, 2.05) is 6.08 Å². The number of quaternary nitrogens is 1. The predicted octanol–water partition coefficient (Wildman–Crippen LogP) is 1.56. The first-order valence-electron chi connectivity index (χ1n) is 5.63. The highest BCUT2D eigenvalue weighted by atomic mass is 16.7. The van der Waals surface area contributed by atoms with Crippen molar-refractivity contribution in [2.75, 3.05) is 6.61 Å². The van der Waals surface area contributed by atoms with E-state index < -0.39 is 0 Å². The molecule has 0 aliphatic carbocycles. The fourth-order valence-electron chi connectivity index (χ4n) is 1.59. The quantitative estimate of drug-likeness (QED) is 0.814. The van der Waals surface area contributed by atoms with Crippen LogP contribution >= 0.6 is 0 Å². The SMILES string of the molecule is CCCO[NH+]1N=CC=C1c1ccc(C)cc1. The van der Waals surface area contributed by atoms with Crippen molar-refractivity contribution >= 4 is 11.9 Å². The Hall–Kier alpha value is -1.45. The molecule has 1 heterocycles. The first-order valence-corrected chi connectivity index (χ1v) is 5.63. The van der Waals surface area contributed by atoms with Gasteiger partial charge in [0.1, 0.15) is 6.61 Å². The number of hydroxylamine groups is 1. The summed E-state index contributed by atoms with van der Waals surface area (Å²) < 4.78 is 0. The summed E-state index contributed by atoms with van der Waals surface area (Å²) in [5.41, 5.74) is 3.50. The number of nitrogens with zero attached hydrogens (tertiary/aromatic N) is 1. The van der Waals surface area contributed by atoms with Gasteiger partial charge in [-0.05, 0) is 30.6 Å². The normalized spacial score (nSPS) is 18.9. The molecule has 16 heavy (non-hydrogen) atoms. The van der Waals surface area contributed by atoms with E-state index in [9.17, 15) is 0 Å². The van der Waals surface area contributed by atoms with E-state index in [0.29, 0.717) is 0 Å². The summed E-state index contributed by atoms with van der Waals surface area (Å²) in [4.78, 5) is 5.60. The monoisotopic (exact) mass is 217 g/mol. The topological polar surface area (TPSA) is 26.0 Å². The largest absolute Gasteiger partial charge is 0.200 e. The van der Waals surface area contributed by atoms with Crippen molar-refractivity contribution in [1.82, 2.24) is 0 Å². The molecule has 1 aromatic rings. The lowest BCUT2D eigenvalue weighted by Crippen LogP contribution is -3.02. The molecule has 0 radical (unpaired) electrons. The number of aryl methyl sites for hydroxylation is 1. The molecule has 0 spiro atoms. The van der Waals surface area contributed by atoms with E-state index in [1.165, 1.54) is 5.56 Å². The summed E-state index contributed by atoms with van der Waals surface area (Å²) in [6.45, 7) is 4.89. The highest BCUT2D eigenvalue weighted by molar-refractivity contribution is 5.83. The maximum atomic E-state index is 5.60. The highest BCUT2D eigenvalue weighted by Gasteiger charge is 2.21. The number of hydrogen-bond donors (Lipinski definition) is 1. The minimum Gasteiger partial charge on any atom is -0.171 e. The van der Waals surface area contributed by atoms with Crippen LogP contribution in [0.4, 0.5) is 0 Å². The van der Waals surface area contributed by atoms with Crippen LogP contribution in [0, 0.1) is 6.92 Å². The zero-order chi connectivity index (χ0) is 11.4. The maximum absolute atomic E-state index is 5.60. The van der Waals surface area contributed by atoms with E-state index in [-0.39, 0.29) is 0 Å². The van der Waals surface area contributed by atoms with Crippen LogP contribution in [0.1, 0.15) is 24.5 Å². The Morgan fingerprint density at radius 2 is 2.00 bits per heavy atom. The van der Waals surface area contributed by atoms with Gasteiger partial charge in [-0.3, -0.25) is 0 Å². The van der Waals surface area contributed by atoms with Crippen LogP contribution in [0.15, 0.2) is 35.4 Å². The molecule has 0 amide bonds. The number of benzene rings is 1. The lowest BCUT2D eigenvalue weighted by atomic mass is 10.1. The Kier molecular flexibility index (Phi) is 3.49. The summed E-state index contributed by atoms with van der Waals surface area (Å²) in [7, 11) is 0. The molecule has 0 aromatic heterocycles. The molecule has 1 aromatic carbocycles. The van der Waals surface area contributed by atoms with Gasteiger partial charge in [-0.15, -0.1) is 0 Å². The molecule has 84 valence electrons. The average Bonchev–Trinajstić information content (AvgIpc) is 2.75. The molecule has 1 unspecified atom stereocenters. The van der Waals surface area contributed by atoms with E-state index in [1.54, 1.807) is 6.21 Å². The summed E-state index contributed by atoms with van der Waals surface area (Å²) in [6, 6.07) is 8.41. The van der Waals surface area contributed by atoms with Crippen LogP contribution in [0.5, 0.6) is 0 Å². The lowest BCUT2D eigenvalue weighted by molar-refractivity contribution is -1.04. The number of hydrogen-bond acceptors (Lipinski definition) is 2. The third-order valence-corrected chi connectivity index (χ3v) is 2.47. The second-order valence-corrected chi connectivity index (χ2v) is 3.88. The van der Waals surface area contributed by atoms with Crippen LogP contribution in [0.2, 0.25) is 0 Å². The first-order chi connectivity index (χ1) is 7.81. The van der Waals surface area contributed by atoms with Crippen molar-refractivity contribution in [1.29, 1.82) is 0 Å². The zero-order valence-electron chi connectivity index (χ0n) is 9.73. The van der Waals surface area contributed by atoms with Gasteiger partial charge in [-0.2, -0.15) is 4.84 Å². The Bertz CT molecular complexity index is 406. The highest BCUT2D eigenvalue weighted by Crippen LogP contribution is 2.11. The molecular formula is C13H17N2O+. The zero-order valence-corrected chi connectivity index (χ0v) is 9.73. The molecule has 1 N–H and O–H groups in total. The number of rotatable bonds is 4. The Morgan fingerprint density at radius 1 is 1.25 bits per heavy atom. The van der Waals surface area contributed by atoms with Crippen LogP contribution in [-0.2, 0) is 4.84 Å². The van der Waals surface area contributed by atoms with Crippen molar-refractivity contribution in [3.05, 3.63) is 41.5 Å². The summed E-state index contributed by atoms with van der Waals surface area (Å²) in [5, 5.41) is 4.97. The molecule has 3 heteroatoms. The van der Waals surface area contributed by atoms with Gasteiger partial charge in [-0.25, -0.2) is 0 Å². The first kappa shape index (κ1) is 11.0. The molecule has 1 atom stereocenters. The minimum absolute atomic E-state index is 0.718. The second kappa shape index (κ2) is 5.05. The fourth-order valence-corrected chi connectivity index (χ4v) is 1.59. The van der Waals surface area contributed by atoms with Crippen molar-refractivity contribution in [2.24, 2.45) is 5.10 Å². The molecule has 3 nitrogen and oxygen atoms in total. The number of allylic oxidation sites excluding steroid dienone is 1. The molecule has 1 aliphatic heterocycles. The maximum Gasteiger partial charge on any atom is 0.200 e. The Morgan fingerprint density at radius 3 is 2.69 bits per heavy atom. The molecule has 1 aliphatic rings. The van der Waals surface area contributed by atoms with Crippen molar-refractivity contribution in [3.63, 3.8) is 0 Å². The van der Waals surface area contributed by atoms with Crippen molar-refractivity contribution in [2.45, 2.75) is 20.3 Å². The van der Waals surface area contributed by atoms with Crippen molar-refractivity contribution in [3.8, 4) is 0 Å². The predicted molar refractivity (Wildman–Crippen MR) is 64.9 cm³/mol. The standard InChI is InChI=1S/C13H16N2O/c1-3-10-16-15-13(8-9-14-15)12-6-4-11(2)5-7-12/h4-9H,3,10H2,1-2H3/p+1. The average molecular weight is 217 g/mol. The fraction of sp³-hybridized carbons (Fsp3) is 0.308. The van der Waals surface area contributed by atoms with E-state index in [2.05, 4.69) is 43.2 Å². The Balaban J connectivity index is 2.12. The van der Waals surface area contributed by atoms with Crippen LogP contribution in [0.25, 0.3) is 5.70 Å². The van der Waals surface area contributed by atoms with Gasteiger partial charge < -0.3 is 0 Å². The molecule has 0 fully saturated rings. The van der Waals surface area contributed by atoms with Gasteiger partial charge in [-0.1, -0.05) is 29.7 Å². The third kappa shape index (κ3) is 2.38. The summed E-state index contributed by atoms with van der Waals surface area (Å²) in [6.07, 6.45) is 4.79. The van der Waals surface area contributed by atoms with Gasteiger partial charge >= 0.3 is 0 Å². The van der Waals surface area contributed by atoms with Crippen molar-refractivity contribution < 1.29 is 10.0 Å². The van der Waals surface area contributed by atoms with Crippen LogP contribution < -0.4 is 5.17 Å². The van der Waals surface area contributed by atoms with E-state index in [4.69, 9.17) is 4.84 Å². The van der Waals surface area contributed by atoms with Crippen LogP contribution in [-0.4, -0.2) is 12.8 Å². The van der Waals surface area contributed by atoms with Gasteiger partial charge in [0, 0.05) is 11.6 Å². The van der Waals surface area contributed by atoms with Gasteiger partial charge in [0.25, 0.3) is 0 Å². The van der Waals surface area contributed by atoms with E-state index >= 15 is 0 Å². The summed E-state index contributed by atoms with van der Waals surface area (Å²) >= 11 is 0. The van der Waals surface area contributed by atoms with Gasteiger partial charge in [0.2, 0.25) is 0 Å². The van der Waals surface area contributed by atoms with Gasteiger partial charge in [0.05, 0.1) is 6.21 Å². The summed E-state index contributed by atoms with van der Waals surface area (Å²) in [5.74, 6) is 0. The third-order valence-electron chi connectivity index (χ3n) is 2.47. The van der Waals surface area contributed by atoms with E-state index in [0.717, 1.165) is 29.5 Å². The minimum atomic E-state index is 0.718. The molecule has 0 bridgehead atoms. The van der Waals surface area contributed by atoms with Gasteiger partial charge in [0.15, 0.2) is 5.70 Å². The lowest BCUT2D eigenvalue weighted by Gasteiger charge is -2.10.